The second-order valence-electron chi connectivity index (χ2n) is 10.3. The Morgan fingerprint density at radius 2 is 1.05 bits per heavy atom. The molecule has 0 N–H and O–H groups in total. The summed E-state index contributed by atoms with van der Waals surface area (Å²) >= 11 is 0. The summed E-state index contributed by atoms with van der Waals surface area (Å²) in [6.45, 7) is 0. The molecule has 0 fully saturated rings. The van der Waals surface area contributed by atoms with E-state index in [1.54, 1.807) is 42.5 Å². The molecule has 4 nitrogen and oxygen atoms in total. The number of para-hydroxylation sites is 2. The Kier molecular flexibility index (Phi) is 5.78. The molecule has 10 heteroatoms. The third-order valence-electron chi connectivity index (χ3n) is 7.82. The zero-order chi connectivity index (χ0) is 31.0. The standard InChI is InChI=1S/C34H16F6N4/c35-33(36,37)21-10-12-30(26(14-21)34(38,39)40)44-29-8-4-2-6-23(29)25-15-31-24(16-32(25)44)22-5-1-3-7-28(22)43(31)27-11-9-19(17-41)13-20(27)18-42/h1-16H. The number of nitrogens with zero attached hydrogens (tertiary/aromatic N) is 4. The number of hydrogen-bond acceptors (Lipinski definition) is 2. The molecule has 0 unspecified atom stereocenters. The molecule has 7 rings (SSSR count). The first-order valence-corrected chi connectivity index (χ1v) is 13.2. The van der Waals surface area contributed by atoms with E-state index >= 15 is 0 Å². The molecule has 0 saturated carbocycles. The van der Waals surface area contributed by atoms with E-state index in [1.807, 2.05) is 41.0 Å². The molecular formula is C34H16F6N4. The van der Waals surface area contributed by atoms with Gasteiger partial charge in [-0.2, -0.15) is 36.9 Å². The molecule has 214 valence electrons. The van der Waals surface area contributed by atoms with Crippen LogP contribution in [0.4, 0.5) is 26.3 Å². The van der Waals surface area contributed by atoms with Gasteiger partial charge in [-0.3, -0.25) is 0 Å². The Labute approximate surface area is 244 Å². The molecule has 0 aliphatic carbocycles. The van der Waals surface area contributed by atoms with E-state index < -0.39 is 29.2 Å². The minimum absolute atomic E-state index is 0.147. The molecule has 0 saturated heterocycles. The average Bonchev–Trinajstić information content (AvgIpc) is 3.50. The first-order valence-electron chi connectivity index (χ1n) is 13.2. The van der Waals surface area contributed by atoms with Crippen molar-refractivity contribution in [2.45, 2.75) is 12.4 Å². The zero-order valence-electron chi connectivity index (χ0n) is 22.3. The lowest BCUT2D eigenvalue weighted by atomic mass is 10.1. The number of alkyl halides is 6. The van der Waals surface area contributed by atoms with Crippen LogP contribution >= 0.6 is 0 Å². The maximum atomic E-state index is 14.4. The van der Waals surface area contributed by atoms with Crippen LogP contribution in [-0.4, -0.2) is 9.13 Å². The van der Waals surface area contributed by atoms with Crippen molar-refractivity contribution in [2.75, 3.05) is 0 Å². The Morgan fingerprint density at radius 1 is 0.500 bits per heavy atom. The molecule has 0 amide bonds. The monoisotopic (exact) mass is 594 g/mol. The topological polar surface area (TPSA) is 57.4 Å². The van der Waals surface area contributed by atoms with Crippen molar-refractivity contribution in [1.29, 1.82) is 10.5 Å². The van der Waals surface area contributed by atoms with Crippen LogP contribution in [0, 0.1) is 22.7 Å². The van der Waals surface area contributed by atoms with E-state index in [2.05, 4.69) is 6.07 Å². The lowest BCUT2D eigenvalue weighted by Crippen LogP contribution is -2.14. The Balaban J connectivity index is 1.63. The van der Waals surface area contributed by atoms with Crippen molar-refractivity contribution in [3.63, 3.8) is 0 Å². The van der Waals surface area contributed by atoms with E-state index in [0.717, 1.165) is 17.0 Å². The highest BCUT2D eigenvalue weighted by atomic mass is 19.4. The van der Waals surface area contributed by atoms with Gasteiger partial charge in [-0.25, -0.2) is 0 Å². The smallest absolute Gasteiger partial charge is 0.309 e. The summed E-state index contributed by atoms with van der Waals surface area (Å²) < 4.78 is 86.7. The van der Waals surface area contributed by atoms with Gasteiger partial charge < -0.3 is 9.13 Å². The normalized spacial score (nSPS) is 12.3. The van der Waals surface area contributed by atoms with Crippen molar-refractivity contribution in [1.82, 2.24) is 9.13 Å². The molecule has 0 aliphatic rings. The summed E-state index contributed by atoms with van der Waals surface area (Å²) in [5.74, 6) is 0. The molecule has 7 aromatic rings. The lowest BCUT2D eigenvalue weighted by Gasteiger charge is -2.18. The van der Waals surface area contributed by atoms with Crippen molar-refractivity contribution in [3.05, 3.63) is 119 Å². The molecular weight excluding hydrogens is 578 g/mol. The van der Waals surface area contributed by atoms with Crippen LogP contribution in [0.15, 0.2) is 97.1 Å². The third kappa shape index (κ3) is 3.99. The van der Waals surface area contributed by atoms with Gasteiger partial charge in [0.15, 0.2) is 0 Å². The van der Waals surface area contributed by atoms with Crippen LogP contribution in [0.2, 0.25) is 0 Å². The highest BCUT2D eigenvalue weighted by molar-refractivity contribution is 6.19. The molecule has 0 bridgehead atoms. The fourth-order valence-corrected chi connectivity index (χ4v) is 5.97. The average molecular weight is 595 g/mol. The third-order valence-corrected chi connectivity index (χ3v) is 7.82. The van der Waals surface area contributed by atoms with Crippen LogP contribution in [0.5, 0.6) is 0 Å². The van der Waals surface area contributed by atoms with Gasteiger partial charge in [-0.1, -0.05) is 36.4 Å². The molecule has 2 heterocycles. The summed E-state index contributed by atoms with van der Waals surface area (Å²) in [6, 6.07) is 28.3. The Morgan fingerprint density at radius 3 is 1.57 bits per heavy atom. The van der Waals surface area contributed by atoms with Crippen LogP contribution in [0.25, 0.3) is 55.0 Å². The number of nitriles is 2. The second-order valence-corrected chi connectivity index (χ2v) is 10.3. The van der Waals surface area contributed by atoms with Gasteiger partial charge in [0, 0.05) is 21.5 Å². The quantitative estimate of drug-likeness (QED) is 0.187. The first kappa shape index (κ1) is 27.1. The number of hydrogen-bond donors (Lipinski definition) is 0. The van der Waals surface area contributed by atoms with Crippen molar-refractivity contribution in [3.8, 4) is 23.5 Å². The van der Waals surface area contributed by atoms with Gasteiger partial charge in [0.25, 0.3) is 0 Å². The number of halogens is 6. The van der Waals surface area contributed by atoms with E-state index in [4.69, 9.17) is 0 Å². The SMILES string of the molecule is N#Cc1ccc(-n2c3ccccc3c3cc4c(cc32)c2ccccc2n4-c2ccc(C(F)(F)F)cc2C(F)(F)F)c(C#N)c1. The predicted octanol–water partition coefficient (Wildman–Crippen LogP) is 9.66. The predicted molar refractivity (Wildman–Crippen MR) is 155 cm³/mol. The second kappa shape index (κ2) is 9.38. The maximum absolute atomic E-state index is 14.4. The minimum Gasteiger partial charge on any atom is -0.309 e. The van der Waals surface area contributed by atoms with Crippen molar-refractivity contribution < 1.29 is 26.3 Å². The summed E-state index contributed by atoms with van der Waals surface area (Å²) in [5, 5.41) is 21.9. The van der Waals surface area contributed by atoms with Gasteiger partial charge in [0.05, 0.1) is 61.8 Å². The van der Waals surface area contributed by atoms with Crippen LogP contribution in [0.1, 0.15) is 22.3 Å². The van der Waals surface area contributed by atoms with Crippen molar-refractivity contribution in [2.24, 2.45) is 0 Å². The van der Waals surface area contributed by atoms with E-state index in [1.165, 1.54) is 10.6 Å². The van der Waals surface area contributed by atoms with E-state index in [0.29, 0.717) is 50.0 Å². The van der Waals surface area contributed by atoms with Crippen LogP contribution in [-0.2, 0) is 12.4 Å². The lowest BCUT2D eigenvalue weighted by molar-refractivity contribution is -0.142. The van der Waals surface area contributed by atoms with Gasteiger partial charge in [0.1, 0.15) is 6.07 Å². The summed E-state index contributed by atoms with van der Waals surface area (Å²) in [4.78, 5) is 0. The van der Waals surface area contributed by atoms with Gasteiger partial charge in [-0.15, -0.1) is 0 Å². The number of rotatable bonds is 2. The molecule has 44 heavy (non-hydrogen) atoms. The first-order chi connectivity index (χ1) is 21.0. The fraction of sp³-hybridized carbons (Fsp3) is 0.0588. The molecule has 0 spiro atoms. The van der Waals surface area contributed by atoms with E-state index in [9.17, 15) is 36.9 Å². The number of benzene rings is 5. The van der Waals surface area contributed by atoms with Gasteiger partial charge in [-0.05, 0) is 60.7 Å². The van der Waals surface area contributed by atoms with Crippen LogP contribution < -0.4 is 0 Å². The zero-order valence-corrected chi connectivity index (χ0v) is 22.3. The highest BCUT2D eigenvalue weighted by Crippen LogP contribution is 2.44. The van der Waals surface area contributed by atoms with Crippen molar-refractivity contribution >= 4 is 43.6 Å². The molecule has 0 radical (unpaired) electrons. The number of aromatic nitrogens is 2. The number of fused-ring (bicyclic) bond motifs is 6. The maximum Gasteiger partial charge on any atom is 0.418 e. The van der Waals surface area contributed by atoms with Gasteiger partial charge >= 0.3 is 12.4 Å². The Hall–Kier alpha value is -5.74. The summed E-state index contributed by atoms with van der Waals surface area (Å²) in [6.07, 6.45) is -10.0. The largest absolute Gasteiger partial charge is 0.418 e. The molecule has 0 atom stereocenters. The highest BCUT2D eigenvalue weighted by Gasteiger charge is 2.39. The summed E-state index contributed by atoms with van der Waals surface area (Å²) in [7, 11) is 0. The summed E-state index contributed by atoms with van der Waals surface area (Å²) in [5.41, 5.74) is -0.0170. The molecule has 5 aromatic carbocycles. The van der Waals surface area contributed by atoms with Crippen LogP contribution in [0.3, 0.4) is 0 Å². The fourth-order valence-electron chi connectivity index (χ4n) is 5.97. The minimum atomic E-state index is -5.07. The molecule has 0 aliphatic heterocycles. The van der Waals surface area contributed by atoms with Gasteiger partial charge in [0.2, 0.25) is 0 Å². The Bertz CT molecular complexity index is 2390. The van der Waals surface area contributed by atoms with E-state index in [-0.39, 0.29) is 11.6 Å². The molecule has 2 aromatic heterocycles.